The van der Waals surface area contributed by atoms with Crippen molar-refractivity contribution >= 4 is 33.7 Å². The smallest absolute Gasteiger partial charge is 0.224 e. The minimum absolute atomic E-state index is 0.0606. The number of fused-ring (bicyclic) bond motifs is 2. The third-order valence-electron chi connectivity index (χ3n) is 6.16. The Morgan fingerprint density at radius 1 is 0.972 bits per heavy atom. The molecular weight excluding hydrogens is 450 g/mol. The fourth-order valence-electron chi connectivity index (χ4n) is 4.35. The minimum Gasteiger partial charge on any atom is -0.337 e. The van der Waals surface area contributed by atoms with Gasteiger partial charge in [0.05, 0.1) is 28.3 Å². The first-order valence-corrected chi connectivity index (χ1v) is 11.7. The number of para-hydroxylation sites is 1. The maximum absolute atomic E-state index is 11.8. The third-order valence-corrected chi connectivity index (χ3v) is 6.16. The number of carbonyl (C=O) groups excluding carboxylic acids is 1. The van der Waals surface area contributed by atoms with E-state index in [0.717, 1.165) is 44.4 Å². The molecule has 0 radical (unpaired) electrons. The molecule has 6 aromatic rings. The molecule has 2 aromatic carbocycles. The summed E-state index contributed by atoms with van der Waals surface area (Å²) in [6.07, 6.45) is 5.54. The van der Waals surface area contributed by atoms with Crippen LogP contribution in [0.4, 0.5) is 5.69 Å². The van der Waals surface area contributed by atoms with Crippen LogP contribution in [0.3, 0.4) is 0 Å². The predicted octanol–water partition coefficient (Wildman–Crippen LogP) is 5.89. The van der Waals surface area contributed by atoms with Crippen molar-refractivity contribution in [3.8, 4) is 33.8 Å². The number of carbonyl (C=O) groups is 1. The van der Waals surface area contributed by atoms with Gasteiger partial charge in [-0.3, -0.25) is 14.9 Å². The molecule has 0 atom stereocenters. The molecule has 0 unspecified atom stereocenters. The van der Waals surface area contributed by atoms with E-state index in [1.807, 2.05) is 31.2 Å². The van der Waals surface area contributed by atoms with E-state index in [1.165, 1.54) is 5.56 Å². The van der Waals surface area contributed by atoms with Crippen LogP contribution in [0.2, 0.25) is 0 Å². The van der Waals surface area contributed by atoms with Crippen LogP contribution < -0.4 is 5.32 Å². The maximum atomic E-state index is 11.8. The van der Waals surface area contributed by atoms with Crippen LogP contribution in [-0.2, 0) is 4.79 Å². The summed E-state index contributed by atoms with van der Waals surface area (Å²) in [6.45, 7) is 3.90. The quantitative estimate of drug-likeness (QED) is 0.289. The number of hydrogen-bond acceptors (Lipinski definition) is 5. The van der Waals surface area contributed by atoms with E-state index in [2.05, 4.69) is 67.7 Å². The van der Waals surface area contributed by atoms with E-state index in [4.69, 9.17) is 4.98 Å². The summed E-state index contributed by atoms with van der Waals surface area (Å²) in [5, 5.41) is 11.2. The highest BCUT2D eigenvalue weighted by molar-refractivity contribution is 5.97. The van der Waals surface area contributed by atoms with E-state index in [-0.39, 0.29) is 5.91 Å². The molecule has 0 aliphatic heterocycles. The van der Waals surface area contributed by atoms with E-state index in [0.29, 0.717) is 23.6 Å². The van der Waals surface area contributed by atoms with E-state index < -0.39 is 0 Å². The van der Waals surface area contributed by atoms with Gasteiger partial charge in [0, 0.05) is 35.5 Å². The Bertz CT molecular complexity index is 1750. The molecule has 0 fully saturated rings. The molecule has 4 aromatic heterocycles. The average molecular weight is 474 g/mol. The Morgan fingerprint density at radius 2 is 1.83 bits per heavy atom. The Labute approximate surface area is 206 Å². The lowest BCUT2D eigenvalue weighted by Crippen LogP contribution is -2.09. The maximum Gasteiger partial charge on any atom is 0.224 e. The van der Waals surface area contributed by atoms with Gasteiger partial charge in [0.2, 0.25) is 5.91 Å². The van der Waals surface area contributed by atoms with Gasteiger partial charge in [-0.2, -0.15) is 5.10 Å². The number of amides is 1. The van der Waals surface area contributed by atoms with Crippen LogP contribution in [0.5, 0.6) is 0 Å². The van der Waals surface area contributed by atoms with Gasteiger partial charge >= 0.3 is 0 Å². The second-order valence-electron chi connectivity index (χ2n) is 8.71. The van der Waals surface area contributed by atoms with Crippen LogP contribution in [0, 0.1) is 6.92 Å². The van der Waals surface area contributed by atoms with Gasteiger partial charge in [-0.25, -0.2) is 9.97 Å². The Kier molecular flexibility index (Phi) is 5.26. The van der Waals surface area contributed by atoms with Crippen molar-refractivity contribution in [1.29, 1.82) is 0 Å². The van der Waals surface area contributed by atoms with Crippen molar-refractivity contribution in [2.45, 2.75) is 20.3 Å². The third kappa shape index (κ3) is 3.88. The Balaban J connectivity index is 1.43. The second kappa shape index (κ2) is 8.74. The zero-order valence-electron chi connectivity index (χ0n) is 19.8. The zero-order chi connectivity index (χ0) is 24.6. The van der Waals surface area contributed by atoms with Crippen molar-refractivity contribution in [1.82, 2.24) is 30.1 Å². The van der Waals surface area contributed by atoms with Gasteiger partial charge in [0.15, 0.2) is 11.5 Å². The summed E-state index contributed by atoms with van der Waals surface area (Å²) in [5.74, 6) is 0.628. The molecule has 0 aliphatic rings. The largest absolute Gasteiger partial charge is 0.337 e. The summed E-state index contributed by atoms with van der Waals surface area (Å²) in [6, 6.07) is 18.5. The molecule has 8 nitrogen and oxygen atoms in total. The number of aryl methyl sites for hydroxylation is 1. The first-order chi connectivity index (χ1) is 17.6. The number of imidazole rings is 1. The summed E-state index contributed by atoms with van der Waals surface area (Å²) in [7, 11) is 0. The van der Waals surface area contributed by atoms with Crippen LogP contribution in [0.15, 0.2) is 73.2 Å². The molecule has 0 saturated heterocycles. The molecule has 4 heterocycles. The summed E-state index contributed by atoms with van der Waals surface area (Å²) >= 11 is 0. The van der Waals surface area contributed by atoms with Gasteiger partial charge < -0.3 is 10.3 Å². The first kappa shape index (κ1) is 21.7. The number of hydrogen-bond donors (Lipinski definition) is 3. The summed E-state index contributed by atoms with van der Waals surface area (Å²) < 4.78 is 0. The topological polar surface area (TPSA) is 112 Å². The number of pyridine rings is 2. The molecule has 0 saturated carbocycles. The average Bonchev–Trinajstić information content (AvgIpc) is 3.52. The number of nitrogens with zero attached hydrogens (tertiary/aromatic N) is 4. The van der Waals surface area contributed by atoms with Gasteiger partial charge in [0.1, 0.15) is 5.69 Å². The van der Waals surface area contributed by atoms with Crippen LogP contribution in [-0.4, -0.2) is 36.0 Å². The highest BCUT2D eigenvalue weighted by Gasteiger charge is 2.16. The molecule has 0 spiro atoms. The highest BCUT2D eigenvalue weighted by atomic mass is 16.1. The van der Waals surface area contributed by atoms with Crippen molar-refractivity contribution in [3.05, 3.63) is 78.8 Å². The normalized spacial score (nSPS) is 11.3. The summed E-state index contributed by atoms with van der Waals surface area (Å²) in [4.78, 5) is 29.0. The lowest BCUT2D eigenvalue weighted by Gasteiger charge is -2.06. The van der Waals surface area contributed by atoms with E-state index in [1.54, 1.807) is 18.6 Å². The molecule has 36 heavy (non-hydrogen) atoms. The molecule has 176 valence electrons. The lowest BCUT2D eigenvalue weighted by atomic mass is 10.0. The van der Waals surface area contributed by atoms with Gasteiger partial charge in [-0.05, 0) is 30.7 Å². The molecular formula is C28H23N7O. The van der Waals surface area contributed by atoms with Crippen LogP contribution in [0.25, 0.3) is 55.8 Å². The van der Waals surface area contributed by atoms with E-state index >= 15 is 0 Å². The molecule has 3 N–H and O–H groups in total. The molecule has 6 rings (SSSR count). The fraction of sp³-hybridized carbons (Fsp3) is 0.107. The van der Waals surface area contributed by atoms with Crippen LogP contribution >= 0.6 is 0 Å². The fourth-order valence-corrected chi connectivity index (χ4v) is 4.35. The van der Waals surface area contributed by atoms with Crippen molar-refractivity contribution in [2.75, 3.05) is 5.32 Å². The number of benzene rings is 2. The zero-order valence-corrected chi connectivity index (χ0v) is 19.8. The number of anilines is 1. The van der Waals surface area contributed by atoms with Gasteiger partial charge in [-0.1, -0.05) is 48.9 Å². The molecule has 0 aliphatic carbocycles. The van der Waals surface area contributed by atoms with Gasteiger partial charge in [0.25, 0.3) is 0 Å². The summed E-state index contributed by atoms with van der Waals surface area (Å²) in [5.41, 5.74) is 8.94. The lowest BCUT2D eigenvalue weighted by molar-refractivity contribution is -0.115. The molecule has 8 heteroatoms. The SMILES string of the molecule is CCC(=O)Nc1cncc(-c2cnc3n[nH]c(-c4nc5c(-c6cccc(C)c6)cccc5[nH]4)c3c2)c1. The number of aromatic nitrogens is 6. The number of aromatic amines is 2. The standard InChI is InChI=1S/C28H23N7O/c1-3-24(36)31-20-11-18(13-29-15-20)19-12-22-26(34-35-27(22)30-14-19)28-32-23-9-5-8-21(25(23)33-28)17-7-4-6-16(2)10-17/h4-15H,3H2,1-2H3,(H,31,36)(H,32,33)(H,30,34,35). The van der Waals surface area contributed by atoms with Crippen molar-refractivity contribution < 1.29 is 4.79 Å². The molecule has 0 bridgehead atoms. The number of H-pyrrole nitrogens is 2. The highest BCUT2D eigenvalue weighted by Crippen LogP contribution is 2.33. The predicted molar refractivity (Wildman–Crippen MR) is 141 cm³/mol. The monoisotopic (exact) mass is 473 g/mol. The second-order valence-corrected chi connectivity index (χ2v) is 8.71. The van der Waals surface area contributed by atoms with E-state index in [9.17, 15) is 4.79 Å². The minimum atomic E-state index is -0.0606. The first-order valence-electron chi connectivity index (χ1n) is 11.7. The van der Waals surface area contributed by atoms with Crippen LogP contribution in [0.1, 0.15) is 18.9 Å². The Morgan fingerprint density at radius 3 is 2.69 bits per heavy atom. The number of nitrogens with one attached hydrogen (secondary N) is 3. The van der Waals surface area contributed by atoms with Gasteiger partial charge in [-0.15, -0.1) is 0 Å². The van der Waals surface area contributed by atoms with Crippen molar-refractivity contribution in [2.24, 2.45) is 0 Å². The Hall–Kier alpha value is -4.85. The van der Waals surface area contributed by atoms with Crippen molar-refractivity contribution in [3.63, 3.8) is 0 Å². The molecule has 1 amide bonds. The number of rotatable bonds is 5.